The van der Waals surface area contributed by atoms with Gasteiger partial charge in [0.2, 0.25) is 0 Å². The second-order valence-electron chi connectivity index (χ2n) is 5.14. The maximum absolute atomic E-state index is 6.09. The zero-order valence-electron chi connectivity index (χ0n) is 11.9. The van der Waals surface area contributed by atoms with Gasteiger partial charge in [0.05, 0.1) is 11.3 Å². The molecule has 21 heavy (non-hydrogen) atoms. The predicted molar refractivity (Wildman–Crippen MR) is 91.0 cm³/mol. The molecule has 1 heterocycles. The molecule has 0 spiro atoms. The van der Waals surface area contributed by atoms with Crippen molar-refractivity contribution in [2.24, 2.45) is 0 Å². The van der Waals surface area contributed by atoms with Crippen molar-refractivity contribution in [2.45, 2.75) is 13.8 Å². The normalized spacial score (nSPS) is 10.8. The van der Waals surface area contributed by atoms with Gasteiger partial charge in [0.25, 0.3) is 0 Å². The lowest BCUT2D eigenvalue weighted by molar-refractivity contribution is 1.10. The first-order chi connectivity index (χ1) is 10.1. The van der Waals surface area contributed by atoms with E-state index in [0.29, 0.717) is 5.82 Å². The van der Waals surface area contributed by atoms with E-state index in [-0.39, 0.29) is 0 Å². The van der Waals surface area contributed by atoms with Gasteiger partial charge in [-0.3, -0.25) is 5.10 Å². The Kier molecular flexibility index (Phi) is 3.55. The van der Waals surface area contributed by atoms with Gasteiger partial charge in [0, 0.05) is 10.0 Å². The Morgan fingerprint density at radius 2 is 1.81 bits per heavy atom. The van der Waals surface area contributed by atoms with E-state index in [2.05, 4.69) is 70.3 Å². The number of hydrogen-bond acceptors (Lipinski definition) is 2. The van der Waals surface area contributed by atoms with E-state index >= 15 is 0 Å². The van der Waals surface area contributed by atoms with Crippen LogP contribution < -0.4 is 5.73 Å². The number of aromatic nitrogens is 2. The maximum Gasteiger partial charge on any atom is 0.153 e. The zero-order chi connectivity index (χ0) is 15.0. The van der Waals surface area contributed by atoms with Crippen LogP contribution in [0.3, 0.4) is 0 Å². The summed E-state index contributed by atoms with van der Waals surface area (Å²) in [4.78, 5) is 0. The number of nitrogen functional groups attached to an aromatic ring is 1. The molecule has 0 unspecified atom stereocenters. The van der Waals surface area contributed by atoms with E-state index in [0.717, 1.165) is 26.9 Å². The highest BCUT2D eigenvalue weighted by atomic mass is 79.9. The Balaban J connectivity index is 2.22. The van der Waals surface area contributed by atoms with Crippen molar-refractivity contribution in [3.05, 3.63) is 58.1 Å². The lowest BCUT2D eigenvalue weighted by Crippen LogP contribution is -1.91. The number of aryl methyl sites for hydroxylation is 2. The van der Waals surface area contributed by atoms with Gasteiger partial charge in [0.1, 0.15) is 0 Å². The lowest BCUT2D eigenvalue weighted by atomic mass is 9.97. The summed E-state index contributed by atoms with van der Waals surface area (Å²) in [7, 11) is 0. The average Bonchev–Trinajstić information content (AvgIpc) is 2.84. The average molecular weight is 342 g/mol. The molecule has 0 fully saturated rings. The summed E-state index contributed by atoms with van der Waals surface area (Å²) in [6.07, 6.45) is 0. The van der Waals surface area contributed by atoms with Crippen LogP contribution in [-0.4, -0.2) is 10.2 Å². The van der Waals surface area contributed by atoms with Gasteiger partial charge in [-0.2, -0.15) is 5.10 Å². The minimum atomic E-state index is 0.524. The van der Waals surface area contributed by atoms with E-state index < -0.39 is 0 Å². The molecular formula is C17H16BrN3. The molecule has 0 aliphatic rings. The van der Waals surface area contributed by atoms with E-state index in [1.165, 1.54) is 11.1 Å². The number of nitrogens with two attached hydrogens (primary N) is 1. The molecule has 2 aromatic carbocycles. The standard InChI is InChI=1S/C17H16BrN3/c1-10-5-3-4-6-13(10)15-16(20-21-17(15)19)12-8-7-11(2)14(18)9-12/h3-9H,1-2H3,(H3,19,20,21). The molecule has 0 saturated carbocycles. The van der Waals surface area contributed by atoms with E-state index in [1.54, 1.807) is 0 Å². The number of benzene rings is 2. The molecule has 4 heteroatoms. The first kappa shape index (κ1) is 13.9. The minimum Gasteiger partial charge on any atom is -0.382 e. The van der Waals surface area contributed by atoms with Crippen LogP contribution in [0.25, 0.3) is 22.4 Å². The van der Waals surface area contributed by atoms with Crippen LogP contribution in [0.2, 0.25) is 0 Å². The summed E-state index contributed by atoms with van der Waals surface area (Å²) in [6.45, 7) is 4.15. The van der Waals surface area contributed by atoms with E-state index in [1.807, 2.05) is 12.1 Å². The minimum absolute atomic E-state index is 0.524. The number of anilines is 1. The Bertz CT molecular complexity index is 806. The van der Waals surface area contributed by atoms with Gasteiger partial charge >= 0.3 is 0 Å². The second-order valence-corrected chi connectivity index (χ2v) is 5.99. The van der Waals surface area contributed by atoms with Crippen LogP contribution >= 0.6 is 15.9 Å². The number of rotatable bonds is 2. The SMILES string of the molecule is Cc1ccc(-c2[nH]nc(N)c2-c2ccccc2C)cc1Br. The fraction of sp³-hybridized carbons (Fsp3) is 0.118. The summed E-state index contributed by atoms with van der Waals surface area (Å²) < 4.78 is 1.07. The summed E-state index contributed by atoms with van der Waals surface area (Å²) >= 11 is 3.58. The number of halogens is 1. The monoisotopic (exact) mass is 341 g/mol. The van der Waals surface area contributed by atoms with Crippen molar-refractivity contribution in [1.29, 1.82) is 0 Å². The third-order valence-electron chi connectivity index (χ3n) is 3.67. The molecule has 3 nitrogen and oxygen atoms in total. The predicted octanol–water partition coefficient (Wildman–Crippen LogP) is 4.71. The molecule has 1 aromatic heterocycles. The molecule has 3 rings (SSSR count). The van der Waals surface area contributed by atoms with Crippen LogP contribution in [0.5, 0.6) is 0 Å². The molecule has 0 saturated heterocycles. The smallest absolute Gasteiger partial charge is 0.153 e. The number of aromatic amines is 1. The number of H-pyrrole nitrogens is 1. The number of nitrogens with zero attached hydrogens (tertiary/aromatic N) is 1. The summed E-state index contributed by atoms with van der Waals surface area (Å²) in [6, 6.07) is 14.4. The molecular weight excluding hydrogens is 326 g/mol. The summed E-state index contributed by atoms with van der Waals surface area (Å²) in [5, 5.41) is 7.27. The highest BCUT2D eigenvalue weighted by Gasteiger charge is 2.16. The van der Waals surface area contributed by atoms with Gasteiger partial charge in [0.15, 0.2) is 5.82 Å². The summed E-state index contributed by atoms with van der Waals surface area (Å²) in [5.41, 5.74) is 12.6. The van der Waals surface area contributed by atoms with Crippen LogP contribution in [0.4, 0.5) is 5.82 Å². The molecule has 3 aromatic rings. The Labute approximate surface area is 132 Å². The first-order valence-electron chi connectivity index (χ1n) is 6.74. The fourth-order valence-corrected chi connectivity index (χ4v) is 2.82. The summed E-state index contributed by atoms with van der Waals surface area (Å²) in [5.74, 6) is 0.524. The highest BCUT2D eigenvalue weighted by Crippen LogP contribution is 2.37. The number of nitrogens with one attached hydrogen (secondary N) is 1. The van der Waals surface area contributed by atoms with Gasteiger partial charge < -0.3 is 5.73 Å². The second kappa shape index (κ2) is 5.37. The molecule has 0 aliphatic carbocycles. The van der Waals surface area contributed by atoms with Crippen molar-refractivity contribution in [3.63, 3.8) is 0 Å². The Morgan fingerprint density at radius 3 is 2.52 bits per heavy atom. The highest BCUT2D eigenvalue weighted by molar-refractivity contribution is 9.10. The number of hydrogen-bond donors (Lipinski definition) is 2. The zero-order valence-corrected chi connectivity index (χ0v) is 13.5. The van der Waals surface area contributed by atoms with Crippen LogP contribution in [-0.2, 0) is 0 Å². The third-order valence-corrected chi connectivity index (χ3v) is 4.52. The van der Waals surface area contributed by atoms with Crippen LogP contribution in [0, 0.1) is 13.8 Å². The lowest BCUT2D eigenvalue weighted by Gasteiger charge is -2.09. The molecule has 0 radical (unpaired) electrons. The van der Waals surface area contributed by atoms with Crippen molar-refractivity contribution >= 4 is 21.7 Å². The molecule has 0 bridgehead atoms. The van der Waals surface area contributed by atoms with Gasteiger partial charge in [-0.1, -0.05) is 52.3 Å². The third kappa shape index (κ3) is 2.47. The molecule has 3 N–H and O–H groups in total. The molecule has 0 amide bonds. The van der Waals surface area contributed by atoms with Crippen LogP contribution in [0.15, 0.2) is 46.9 Å². The van der Waals surface area contributed by atoms with Crippen LogP contribution in [0.1, 0.15) is 11.1 Å². The quantitative estimate of drug-likeness (QED) is 0.709. The molecule has 0 aliphatic heterocycles. The van der Waals surface area contributed by atoms with Gasteiger partial charge in [-0.05, 0) is 36.6 Å². The van der Waals surface area contributed by atoms with Crippen molar-refractivity contribution in [1.82, 2.24) is 10.2 Å². The fourth-order valence-electron chi connectivity index (χ4n) is 2.44. The van der Waals surface area contributed by atoms with Crippen molar-refractivity contribution in [2.75, 3.05) is 5.73 Å². The van der Waals surface area contributed by atoms with E-state index in [4.69, 9.17) is 5.73 Å². The Hall–Kier alpha value is -2.07. The molecule has 0 atom stereocenters. The van der Waals surface area contributed by atoms with Crippen molar-refractivity contribution < 1.29 is 0 Å². The maximum atomic E-state index is 6.09. The van der Waals surface area contributed by atoms with Gasteiger partial charge in [-0.15, -0.1) is 0 Å². The molecule has 106 valence electrons. The first-order valence-corrected chi connectivity index (χ1v) is 7.53. The topological polar surface area (TPSA) is 54.7 Å². The van der Waals surface area contributed by atoms with Gasteiger partial charge in [-0.25, -0.2) is 0 Å². The van der Waals surface area contributed by atoms with E-state index in [9.17, 15) is 0 Å². The van der Waals surface area contributed by atoms with Crippen molar-refractivity contribution in [3.8, 4) is 22.4 Å². The Morgan fingerprint density at radius 1 is 1.05 bits per heavy atom. The largest absolute Gasteiger partial charge is 0.382 e.